The fourth-order valence-corrected chi connectivity index (χ4v) is 2.25. The molecule has 2 amide bonds. The van der Waals surface area contributed by atoms with Gasteiger partial charge in [-0.05, 0) is 31.4 Å². The van der Waals surface area contributed by atoms with E-state index in [9.17, 15) is 18.4 Å². The van der Waals surface area contributed by atoms with Gasteiger partial charge in [-0.15, -0.1) is 0 Å². The summed E-state index contributed by atoms with van der Waals surface area (Å²) in [5, 5.41) is 4.96. The Labute approximate surface area is 119 Å². The van der Waals surface area contributed by atoms with Gasteiger partial charge in [0.2, 0.25) is 5.91 Å². The summed E-state index contributed by atoms with van der Waals surface area (Å²) in [7, 11) is 0. The minimum Gasteiger partial charge on any atom is -0.354 e. The van der Waals surface area contributed by atoms with Gasteiger partial charge >= 0.3 is 0 Å². The summed E-state index contributed by atoms with van der Waals surface area (Å²) in [5.74, 6) is -3.27. The van der Waals surface area contributed by atoms with Gasteiger partial charge in [0, 0.05) is 6.54 Å². The first-order valence-corrected chi connectivity index (χ1v) is 6.60. The van der Waals surface area contributed by atoms with Crippen LogP contribution in [0.1, 0.15) is 29.6 Å². The van der Waals surface area contributed by atoms with E-state index >= 15 is 0 Å². The molecule has 0 bridgehead atoms. The summed E-state index contributed by atoms with van der Waals surface area (Å²) in [6.45, 7) is 0.567. The Morgan fingerprint density at radius 3 is 2.75 bits per heavy atom. The van der Waals surface area contributed by atoms with Crippen molar-refractivity contribution >= 4 is 23.4 Å². The normalized spacial score (nSPS) is 19.1. The van der Waals surface area contributed by atoms with Crippen molar-refractivity contribution in [3.8, 4) is 0 Å². The number of carbonyl (C=O) groups excluding carboxylic acids is 2. The van der Waals surface area contributed by atoms with Gasteiger partial charge in [0.15, 0.2) is 11.6 Å². The van der Waals surface area contributed by atoms with E-state index < -0.39 is 23.6 Å². The van der Waals surface area contributed by atoms with Gasteiger partial charge in [0.25, 0.3) is 5.91 Å². The third-order valence-electron chi connectivity index (χ3n) is 3.10. The number of benzene rings is 1. The predicted octanol–water partition coefficient (Wildman–Crippen LogP) is 2.02. The smallest absolute Gasteiger partial charge is 0.253 e. The van der Waals surface area contributed by atoms with E-state index in [1.807, 2.05) is 0 Å². The maximum Gasteiger partial charge on any atom is 0.253 e. The van der Waals surface area contributed by atoms with Crippen LogP contribution in [0.3, 0.4) is 0 Å². The Morgan fingerprint density at radius 2 is 2.00 bits per heavy atom. The zero-order valence-electron chi connectivity index (χ0n) is 10.5. The lowest BCUT2D eigenvalue weighted by Gasteiger charge is -2.15. The molecule has 108 valence electrons. The fraction of sp³-hybridized carbons (Fsp3) is 0.385. The molecule has 1 aliphatic rings. The number of hydrogen-bond acceptors (Lipinski definition) is 2. The molecule has 1 aliphatic heterocycles. The van der Waals surface area contributed by atoms with Crippen LogP contribution in [0.25, 0.3) is 0 Å². The van der Waals surface area contributed by atoms with E-state index in [1.165, 1.54) is 0 Å². The molecule has 1 fully saturated rings. The lowest BCUT2D eigenvalue weighted by Crippen LogP contribution is -2.45. The molecule has 0 aromatic heterocycles. The SMILES string of the molecule is O=C(N[C@@H]1CCCCNC1=O)c1cc(F)c(F)cc1Cl. The van der Waals surface area contributed by atoms with Crippen molar-refractivity contribution in [2.24, 2.45) is 0 Å². The van der Waals surface area contributed by atoms with Crippen molar-refractivity contribution in [1.29, 1.82) is 0 Å². The van der Waals surface area contributed by atoms with Crippen LogP contribution in [0.2, 0.25) is 5.02 Å². The highest BCUT2D eigenvalue weighted by Crippen LogP contribution is 2.20. The molecule has 1 aromatic rings. The Balaban J connectivity index is 2.15. The number of hydrogen-bond donors (Lipinski definition) is 2. The van der Waals surface area contributed by atoms with Crippen LogP contribution in [0.4, 0.5) is 8.78 Å². The second kappa shape index (κ2) is 6.17. The second-order valence-electron chi connectivity index (χ2n) is 4.56. The largest absolute Gasteiger partial charge is 0.354 e. The van der Waals surface area contributed by atoms with Crippen molar-refractivity contribution in [3.63, 3.8) is 0 Å². The number of rotatable bonds is 2. The number of amides is 2. The van der Waals surface area contributed by atoms with Gasteiger partial charge in [-0.2, -0.15) is 0 Å². The van der Waals surface area contributed by atoms with Crippen LogP contribution in [0.15, 0.2) is 12.1 Å². The van der Waals surface area contributed by atoms with Crippen molar-refractivity contribution in [2.45, 2.75) is 25.3 Å². The zero-order valence-corrected chi connectivity index (χ0v) is 11.3. The Hall–Kier alpha value is -1.69. The average molecular weight is 303 g/mol. The molecule has 2 N–H and O–H groups in total. The van der Waals surface area contributed by atoms with E-state index in [4.69, 9.17) is 11.6 Å². The van der Waals surface area contributed by atoms with E-state index in [0.29, 0.717) is 13.0 Å². The molecule has 1 saturated heterocycles. The van der Waals surface area contributed by atoms with E-state index in [-0.39, 0.29) is 16.5 Å². The fourth-order valence-electron chi connectivity index (χ4n) is 2.01. The average Bonchev–Trinajstić information content (AvgIpc) is 2.59. The molecule has 1 heterocycles. The summed E-state index contributed by atoms with van der Waals surface area (Å²) in [5.41, 5.74) is -0.192. The maximum atomic E-state index is 13.1. The summed E-state index contributed by atoms with van der Waals surface area (Å²) >= 11 is 5.71. The predicted molar refractivity (Wildman–Crippen MR) is 69.5 cm³/mol. The first kappa shape index (κ1) is 14.7. The molecule has 1 atom stereocenters. The molecule has 1 aromatic carbocycles. The van der Waals surface area contributed by atoms with Crippen LogP contribution in [0.5, 0.6) is 0 Å². The third-order valence-corrected chi connectivity index (χ3v) is 3.41. The molecule has 0 radical (unpaired) electrons. The highest BCUT2D eigenvalue weighted by molar-refractivity contribution is 6.33. The van der Waals surface area contributed by atoms with Crippen molar-refractivity contribution in [1.82, 2.24) is 10.6 Å². The molecule has 2 rings (SSSR count). The second-order valence-corrected chi connectivity index (χ2v) is 4.97. The molecule has 0 unspecified atom stereocenters. The maximum absolute atomic E-state index is 13.1. The highest BCUT2D eigenvalue weighted by atomic mass is 35.5. The monoisotopic (exact) mass is 302 g/mol. The van der Waals surface area contributed by atoms with Gasteiger partial charge in [-0.3, -0.25) is 9.59 Å². The number of halogens is 3. The van der Waals surface area contributed by atoms with Crippen molar-refractivity contribution in [2.75, 3.05) is 6.54 Å². The van der Waals surface area contributed by atoms with Crippen molar-refractivity contribution < 1.29 is 18.4 Å². The van der Waals surface area contributed by atoms with Gasteiger partial charge in [0.05, 0.1) is 10.6 Å². The van der Waals surface area contributed by atoms with Crippen LogP contribution < -0.4 is 10.6 Å². The van der Waals surface area contributed by atoms with E-state index in [0.717, 1.165) is 25.0 Å². The Kier molecular flexibility index (Phi) is 4.54. The lowest BCUT2D eigenvalue weighted by molar-refractivity contribution is -0.122. The minimum atomic E-state index is -1.16. The molecule has 7 heteroatoms. The number of nitrogens with one attached hydrogen (secondary N) is 2. The molecule has 4 nitrogen and oxygen atoms in total. The van der Waals surface area contributed by atoms with Crippen molar-refractivity contribution in [3.05, 3.63) is 34.4 Å². The Bertz CT molecular complexity index is 551. The standard InChI is InChI=1S/C13H13ClF2N2O2/c14-8-6-10(16)9(15)5-7(8)12(19)18-11-3-1-2-4-17-13(11)20/h5-6,11H,1-4H2,(H,17,20)(H,18,19)/t11-/m1/s1. The quantitative estimate of drug-likeness (QED) is 0.821. The third kappa shape index (κ3) is 3.25. The van der Waals surface area contributed by atoms with Crippen LogP contribution >= 0.6 is 11.6 Å². The summed E-state index contributed by atoms with van der Waals surface area (Å²) in [4.78, 5) is 23.7. The van der Waals surface area contributed by atoms with E-state index in [2.05, 4.69) is 10.6 Å². The summed E-state index contributed by atoms with van der Waals surface area (Å²) < 4.78 is 26.1. The van der Waals surface area contributed by atoms with Gasteiger partial charge in [-0.25, -0.2) is 8.78 Å². The van der Waals surface area contributed by atoms with Crippen LogP contribution in [-0.4, -0.2) is 24.4 Å². The van der Waals surface area contributed by atoms with Gasteiger partial charge < -0.3 is 10.6 Å². The first-order valence-electron chi connectivity index (χ1n) is 6.22. The molecule has 20 heavy (non-hydrogen) atoms. The minimum absolute atomic E-state index is 0.192. The number of carbonyl (C=O) groups is 2. The zero-order chi connectivity index (χ0) is 14.7. The van der Waals surface area contributed by atoms with E-state index in [1.54, 1.807) is 0 Å². The molecule has 0 saturated carbocycles. The molecule has 0 spiro atoms. The summed E-state index contributed by atoms with van der Waals surface area (Å²) in [6, 6.07) is 0.773. The first-order chi connectivity index (χ1) is 9.49. The van der Waals surface area contributed by atoms with Crippen LogP contribution in [0, 0.1) is 11.6 Å². The highest BCUT2D eigenvalue weighted by Gasteiger charge is 2.24. The van der Waals surface area contributed by atoms with Crippen LogP contribution in [-0.2, 0) is 4.79 Å². The van der Waals surface area contributed by atoms with Gasteiger partial charge in [0.1, 0.15) is 6.04 Å². The topological polar surface area (TPSA) is 58.2 Å². The molecule has 0 aliphatic carbocycles. The lowest BCUT2D eigenvalue weighted by atomic mass is 10.1. The molecular weight excluding hydrogens is 290 g/mol. The Morgan fingerprint density at radius 1 is 1.30 bits per heavy atom. The summed E-state index contributed by atoms with van der Waals surface area (Å²) in [6.07, 6.45) is 2.12. The molecular formula is C13H13ClF2N2O2. The van der Waals surface area contributed by atoms with Gasteiger partial charge in [-0.1, -0.05) is 11.6 Å².